The van der Waals surface area contributed by atoms with Crippen molar-refractivity contribution in [3.05, 3.63) is 30.3 Å². The molecule has 0 bridgehead atoms. The zero-order valence-corrected chi connectivity index (χ0v) is 9.60. The van der Waals surface area contributed by atoms with Gasteiger partial charge in [-0.25, -0.2) is 0 Å². The van der Waals surface area contributed by atoms with Crippen LogP contribution in [0.1, 0.15) is 6.42 Å². The van der Waals surface area contributed by atoms with Crippen molar-refractivity contribution in [1.29, 1.82) is 0 Å². The van der Waals surface area contributed by atoms with Crippen molar-refractivity contribution in [1.82, 2.24) is 4.90 Å². The highest BCUT2D eigenvalue weighted by Gasteiger charge is 2.06. The number of nitrogens with zero attached hydrogens (tertiary/aromatic N) is 2. The summed E-state index contributed by atoms with van der Waals surface area (Å²) in [6.07, 6.45) is 0.554. The molecule has 0 aliphatic carbocycles. The molecule has 3 heteroatoms. The fraction of sp³-hybridized carbons (Fsp3) is 0.417. The van der Waals surface area contributed by atoms with E-state index in [2.05, 4.69) is 4.90 Å². The number of hydrogen-bond donors (Lipinski definition) is 0. The molecule has 82 valence electrons. The van der Waals surface area contributed by atoms with Crippen LogP contribution in [-0.4, -0.2) is 38.5 Å². The lowest BCUT2D eigenvalue weighted by atomic mass is 10.3. The summed E-state index contributed by atoms with van der Waals surface area (Å²) >= 11 is 0. The Hall–Kier alpha value is -1.51. The van der Waals surface area contributed by atoms with Gasteiger partial charge in [0.25, 0.3) is 0 Å². The van der Waals surface area contributed by atoms with Crippen LogP contribution < -0.4 is 4.90 Å². The number of hydrogen-bond acceptors (Lipinski definition) is 2. The second-order valence-electron chi connectivity index (χ2n) is 3.80. The number of rotatable bonds is 4. The van der Waals surface area contributed by atoms with Crippen LogP contribution in [0, 0.1) is 0 Å². The number of carbonyl (C=O) groups excluding carboxylic acids is 1. The first-order valence-electron chi connectivity index (χ1n) is 5.07. The molecule has 3 nitrogen and oxygen atoms in total. The first kappa shape index (κ1) is 11.6. The summed E-state index contributed by atoms with van der Waals surface area (Å²) in [6.45, 7) is 0.751. The van der Waals surface area contributed by atoms with E-state index in [1.807, 2.05) is 37.4 Å². The highest BCUT2D eigenvalue weighted by Crippen LogP contribution is 2.10. The van der Waals surface area contributed by atoms with Gasteiger partial charge in [-0.3, -0.25) is 4.79 Å². The van der Waals surface area contributed by atoms with Crippen LogP contribution in [0.15, 0.2) is 30.3 Å². The van der Waals surface area contributed by atoms with Crippen molar-refractivity contribution in [3.63, 3.8) is 0 Å². The van der Waals surface area contributed by atoms with Crippen LogP contribution in [0.5, 0.6) is 0 Å². The van der Waals surface area contributed by atoms with Crippen molar-refractivity contribution in [3.8, 4) is 0 Å². The average Bonchev–Trinajstić information content (AvgIpc) is 2.26. The lowest BCUT2D eigenvalue weighted by Crippen LogP contribution is -2.27. The van der Waals surface area contributed by atoms with Crippen molar-refractivity contribution in [2.75, 3.05) is 32.6 Å². The SMILES string of the molecule is CN(C)C(=O)CCN(C)c1ccccc1. The van der Waals surface area contributed by atoms with Crippen molar-refractivity contribution in [2.24, 2.45) is 0 Å². The second kappa shape index (κ2) is 5.39. The molecule has 1 amide bonds. The second-order valence-corrected chi connectivity index (χ2v) is 3.80. The molecule has 15 heavy (non-hydrogen) atoms. The van der Waals surface area contributed by atoms with Gasteiger partial charge in [-0.1, -0.05) is 18.2 Å². The Balaban J connectivity index is 2.44. The maximum atomic E-state index is 11.4. The van der Waals surface area contributed by atoms with E-state index >= 15 is 0 Å². The van der Waals surface area contributed by atoms with E-state index in [1.54, 1.807) is 19.0 Å². The largest absolute Gasteiger partial charge is 0.374 e. The maximum Gasteiger partial charge on any atom is 0.223 e. The van der Waals surface area contributed by atoms with Crippen LogP contribution in [0.3, 0.4) is 0 Å². The zero-order valence-electron chi connectivity index (χ0n) is 9.60. The van der Waals surface area contributed by atoms with Gasteiger partial charge in [0.05, 0.1) is 0 Å². The molecule has 0 unspecified atom stereocenters. The minimum atomic E-state index is 0.165. The summed E-state index contributed by atoms with van der Waals surface area (Å²) in [4.78, 5) is 15.1. The topological polar surface area (TPSA) is 23.6 Å². The Morgan fingerprint density at radius 3 is 2.27 bits per heavy atom. The van der Waals surface area contributed by atoms with Crippen molar-refractivity contribution >= 4 is 11.6 Å². The number of benzene rings is 1. The summed E-state index contributed by atoms with van der Waals surface area (Å²) in [5.41, 5.74) is 1.14. The lowest BCUT2D eigenvalue weighted by molar-refractivity contribution is -0.128. The molecule has 0 heterocycles. The minimum Gasteiger partial charge on any atom is -0.374 e. The number of para-hydroxylation sites is 1. The molecule has 1 aromatic carbocycles. The highest BCUT2D eigenvalue weighted by molar-refractivity contribution is 5.76. The van der Waals surface area contributed by atoms with Gasteiger partial charge in [-0.15, -0.1) is 0 Å². The van der Waals surface area contributed by atoms with Gasteiger partial charge in [0.2, 0.25) is 5.91 Å². The number of carbonyl (C=O) groups is 1. The molecule has 0 fully saturated rings. The molecule has 0 saturated heterocycles. The Morgan fingerprint density at radius 1 is 1.13 bits per heavy atom. The molecule has 0 aliphatic heterocycles. The molecule has 0 N–H and O–H groups in total. The van der Waals surface area contributed by atoms with Crippen LogP contribution in [0.25, 0.3) is 0 Å². The fourth-order valence-corrected chi connectivity index (χ4v) is 1.30. The van der Waals surface area contributed by atoms with Gasteiger partial charge in [-0.2, -0.15) is 0 Å². The number of anilines is 1. The van der Waals surface area contributed by atoms with E-state index in [-0.39, 0.29) is 5.91 Å². The molecule has 0 aliphatic rings. The Labute approximate surface area is 91.3 Å². The van der Waals surface area contributed by atoms with E-state index in [4.69, 9.17) is 0 Å². The Morgan fingerprint density at radius 2 is 1.73 bits per heavy atom. The van der Waals surface area contributed by atoms with Gasteiger partial charge in [0.1, 0.15) is 0 Å². The first-order chi connectivity index (χ1) is 7.11. The molecule has 0 saturated carbocycles. The van der Waals surface area contributed by atoms with E-state index in [0.717, 1.165) is 12.2 Å². The molecule has 1 aromatic rings. The average molecular weight is 206 g/mol. The summed E-state index contributed by atoms with van der Waals surface area (Å²) in [5.74, 6) is 0.165. The molecule has 1 rings (SSSR count). The van der Waals surface area contributed by atoms with Gasteiger partial charge in [0, 0.05) is 39.8 Å². The van der Waals surface area contributed by atoms with E-state index in [9.17, 15) is 4.79 Å². The zero-order chi connectivity index (χ0) is 11.3. The molecule has 0 atom stereocenters. The quantitative estimate of drug-likeness (QED) is 0.747. The fourth-order valence-electron chi connectivity index (χ4n) is 1.30. The highest BCUT2D eigenvalue weighted by atomic mass is 16.2. The minimum absolute atomic E-state index is 0.165. The first-order valence-corrected chi connectivity index (χ1v) is 5.07. The summed E-state index contributed by atoms with van der Waals surface area (Å²) < 4.78 is 0. The van der Waals surface area contributed by atoms with Crippen molar-refractivity contribution in [2.45, 2.75) is 6.42 Å². The molecule has 0 spiro atoms. The maximum absolute atomic E-state index is 11.4. The predicted octanol–water partition coefficient (Wildman–Crippen LogP) is 1.60. The molecule has 0 aromatic heterocycles. The summed E-state index contributed by atoms with van der Waals surface area (Å²) in [6, 6.07) is 10.1. The molecular formula is C12H18N2O. The normalized spacial score (nSPS) is 9.80. The summed E-state index contributed by atoms with van der Waals surface area (Å²) in [7, 11) is 5.56. The van der Waals surface area contributed by atoms with E-state index in [1.165, 1.54) is 0 Å². The third kappa shape index (κ3) is 3.62. The van der Waals surface area contributed by atoms with Crippen LogP contribution in [-0.2, 0) is 4.79 Å². The standard InChI is InChI=1S/C12H18N2O/c1-13(2)12(15)9-10-14(3)11-7-5-4-6-8-11/h4-8H,9-10H2,1-3H3. The van der Waals surface area contributed by atoms with Gasteiger partial charge in [0.15, 0.2) is 0 Å². The van der Waals surface area contributed by atoms with E-state index in [0.29, 0.717) is 6.42 Å². The Bertz CT molecular complexity index is 309. The lowest BCUT2D eigenvalue weighted by Gasteiger charge is -2.19. The monoisotopic (exact) mass is 206 g/mol. The van der Waals surface area contributed by atoms with Crippen LogP contribution in [0.4, 0.5) is 5.69 Å². The Kier molecular flexibility index (Phi) is 4.16. The third-order valence-electron chi connectivity index (χ3n) is 2.36. The molecular weight excluding hydrogens is 188 g/mol. The predicted molar refractivity (Wildman–Crippen MR) is 63.0 cm³/mol. The number of amides is 1. The van der Waals surface area contributed by atoms with Crippen LogP contribution in [0.2, 0.25) is 0 Å². The van der Waals surface area contributed by atoms with Gasteiger partial charge >= 0.3 is 0 Å². The molecule has 0 radical (unpaired) electrons. The summed E-state index contributed by atoms with van der Waals surface area (Å²) in [5, 5.41) is 0. The van der Waals surface area contributed by atoms with Crippen molar-refractivity contribution < 1.29 is 4.79 Å². The van der Waals surface area contributed by atoms with Crippen LogP contribution >= 0.6 is 0 Å². The third-order valence-corrected chi connectivity index (χ3v) is 2.36. The van der Waals surface area contributed by atoms with E-state index < -0.39 is 0 Å². The van der Waals surface area contributed by atoms with Gasteiger partial charge in [-0.05, 0) is 12.1 Å². The smallest absolute Gasteiger partial charge is 0.223 e. The van der Waals surface area contributed by atoms with Gasteiger partial charge < -0.3 is 9.80 Å².